The predicted octanol–water partition coefficient (Wildman–Crippen LogP) is 4.97. The van der Waals surface area contributed by atoms with Crippen LogP contribution in [-0.2, 0) is 0 Å². The quantitative estimate of drug-likeness (QED) is 0.633. The van der Waals surface area contributed by atoms with Crippen LogP contribution in [0.3, 0.4) is 0 Å². The topological polar surface area (TPSA) is 66.5 Å². The second-order valence-corrected chi connectivity index (χ2v) is 7.73. The van der Waals surface area contributed by atoms with Gasteiger partial charge < -0.3 is 5.32 Å². The molecule has 3 aromatic carbocycles. The van der Waals surface area contributed by atoms with E-state index >= 15 is 0 Å². The Bertz CT molecular complexity index is 1230. The third-order valence-corrected chi connectivity index (χ3v) is 5.66. The van der Waals surface area contributed by atoms with Crippen LogP contribution in [0.25, 0.3) is 0 Å². The number of nitrogens with one attached hydrogen (secondary N) is 1. The molecule has 4 rings (SSSR count). The number of benzene rings is 3. The molecule has 0 fully saturated rings. The first-order valence-electron chi connectivity index (χ1n) is 9.75. The van der Waals surface area contributed by atoms with Crippen molar-refractivity contribution < 1.29 is 14.4 Å². The monoisotopic (exact) mass is 398 g/mol. The van der Waals surface area contributed by atoms with Crippen LogP contribution in [0.1, 0.15) is 53.3 Å². The van der Waals surface area contributed by atoms with E-state index in [9.17, 15) is 14.4 Å². The Labute approximate surface area is 175 Å². The molecule has 0 aromatic heterocycles. The number of aryl methyl sites for hydroxylation is 4. The van der Waals surface area contributed by atoms with Crippen LogP contribution in [0.15, 0.2) is 54.6 Å². The van der Waals surface area contributed by atoms with Gasteiger partial charge in [0.15, 0.2) is 0 Å². The maximum absolute atomic E-state index is 13.0. The Balaban J connectivity index is 1.63. The third kappa shape index (κ3) is 3.28. The summed E-state index contributed by atoms with van der Waals surface area (Å²) in [4.78, 5) is 39.7. The third-order valence-electron chi connectivity index (χ3n) is 5.66. The van der Waals surface area contributed by atoms with E-state index in [-0.39, 0.29) is 17.4 Å². The average Bonchev–Trinajstić information content (AvgIpc) is 2.97. The highest BCUT2D eigenvalue weighted by Gasteiger charge is 2.37. The van der Waals surface area contributed by atoms with Gasteiger partial charge in [-0.05, 0) is 92.4 Å². The minimum absolute atomic E-state index is 0.242. The summed E-state index contributed by atoms with van der Waals surface area (Å²) in [7, 11) is 0. The molecule has 0 aliphatic carbocycles. The molecule has 150 valence electrons. The van der Waals surface area contributed by atoms with Gasteiger partial charge in [-0.1, -0.05) is 12.1 Å². The minimum Gasteiger partial charge on any atom is -0.322 e. The van der Waals surface area contributed by atoms with Crippen molar-refractivity contribution in [3.63, 3.8) is 0 Å². The van der Waals surface area contributed by atoms with Crippen molar-refractivity contribution in [2.45, 2.75) is 27.7 Å². The lowest BCUT2D eigenvalue weighted by Gasteiger charge is -2.15. The van der Waals surface area contributed by atoms with Crippen LogP contribution in [-0.4, -0.2) is 17.7 Å². The molecule has 0 spiro atoms. The first kappa shape index (κ1) is 19.6. The fourth-order valence-corrected chi connectivity index (χ4v) is 3.50. The SMILES string of the molecule is Cc1ccc(NC(=O)c2ccc3c(c2)C(=O)N(c2ccc(C)c(C)c2)C3=O)cc1C. The molecule has 1 aliphatic rings. The van der Waals surface area contributed by atoms with E-state index in [1.807, 2.05) is 58.0 Å². The van der Waals surface area contributed by atoms with E-state index in [4.69, 9.17) is 0 Å². The molecule has 30 heavy (non-hydrogen) atoms. The van der Waals surface area contributed by atoms with E-state index in [0.29, 0.717) is 22.5 Å². The molecule has 5 heteroatoms. The Kier molecular flexibility index (Phi) is 4.74. The second-order valence-electron chi connectivity index (χ2n) is 7.73. The number of hydrogen-bond donors (Lipinski definition) is 1. The Morgan fingerprint density at radius 3 is 2.00 bits per heavy atom. The summed E-state index contributed by atoms with van der Waals surface area (Å²) in [5.74, 6) is -1.12. The van der Waals surface area contributed by atoms with E-state index in [1.165, 1.54) is 11.0 Å². The van der Waals surface area contributed by atoms with Gasteiger partial charge in [-0.2, -0.15) is 0 Å². The van der Waals surface area contributed by atoms with Crippen LogP contribution in [0.4, 0.5) is 11.4 Å². The van der Waals surface area contributed by atoms with Gasteiger partial charge in [0.2, 0.25) is 0 Å². The largest absolute Gasteiger partial charge is 0.322 e. The first-order valence-corrected chi connectivity index (χ1v) is 9.75. The summed E-state index contributed by atoms with van der Waals surface area (Å²) in [5.41, 5.74) is 6.39. The summed E-state index contributed by atoms with van der Waals surface area (Å²) >= 11 is 0. The standard InChI is InChI=1S/C25H22N2O3/c1-14-5-8-19(11-16(14)3)26-23(28)18-7-10-21-22(13-18)25(30)27(24(21)29)20-9-6-15(2)17(4)12-20/h5-13H,1-4H3,(H,26,28). The molecule has 0 saturated heterocycles. The number of hydrogen-bond acceptors (Lipinski definition) is 3. The van der Waals surface area contributed by atoms with Gasteiger partial charge >= 0.3 is 0 Å². The predicted molar refractivity (Wildman–Crippen MR) is 117 cm³/mol. The molecule has 0 bridgehead atoms. The zero-order valence-electron chi connectivity index (χ0n) is 17.4. The second kappa shape index (κ2) is 7.26. The number of carbonyl (C=O) groups is 3. The number of imide groups is 1. The summed E-state index contributed by atoms with van der Waals surface area (Å²) in [6, 6.07) is 15.8. The maximum atomic E-state index is 13.0. The van der Waals surface area contributed by atoms with Crippen molar-refractivity contribution >= 4 is 29.1 Å². The van der Waals surface area contributed by atoms with E-state index < -0.39 is 5.91 Å². The van der Waals surface area contributed by atoms with Crippen molar-refractivity contribution in [2.24, 2.45) is 0 Å². The summed E-state index contributed by atoms with van der Waals surface area (Å²) in [6.45, 7) is 7.89. The fraction of sp³-hybridized carbons (Fsp3) is 0.160. The lowest BCUT2D eigenvalue weighted by Crippen LogP contribution is -2.29. The number of rotatable bonds is 3. The zero-order chi connectivity index (χ0) is 21.6. The van der Waals surface area contributed by atoms with Gasteiger partial charge in [-0.15, -0.1) is 0 Å². The molecule has 0 atom stereocenters. The number of nitrogens with zero attached hydrogens (tertiary/aromatic N) is 1. The van der Waals surface area contributed by atoms with Crippen LogP contribution in [0.5, 0.6) is 0 Å². The van der Waals surface area contributed by atoms with Crippen molar-refractivity contribution in [3.8, 4) is 0 Å². The van der Waals surface area contributed by atoms with Gasteiger partial charge in [0.05, 0.1) is 16.8 Å². The normalized spacial score (nSPS) is 12.9. The summed E-state index contributed by atoms with van der Waals surface area (Å²) in [6.07, 6.45) is 0. The number of carbonyl (C=O) groups excluding carboxylic acids is 3. The van der Waals surface area contributed by atoms with Crippen LogP contribution >= 0.6 is 0 Å². The van der Waals surface area contributed by atoms with E-state index in [0.717, 1.165) is 22.3 Å². The first-order chi connectivity index (χ1) is 14.3. The van der Waals surface area contributed by atoms with Gasteiger partial charge in [-0.3, -0.25) is 14.4 Å². The van der Waals surface area contributed by atoms with E-state index in [1.54, 1.807) is 18.2 Å². The molecule has 3 amide bonds. The van der Waals surface area contributed by atoms with Gasteiger partial charge in [0, 0.05) is 11.3 Å². The van der Waals surface area contributed by atoms with E-state index in [2.05, 4.69) is 5.32 Å². The molecule has 0 unspecified atom stereocenters. The molecule has 3 aromatic rings. The summed E-state index contributed by atoms with van der Waals surface area (Å²) < 4.78 is 0. The highest BCUT2D eigenvalue weighted by atomic mass is 16.2. The Hall–Kier alpha value is -3.73. The highest BCUT2D eigenvalue weighted by Crippen LogP contribution is 2.30. The lowest BCUT2D eigenvalue weighted by molar-refractivity contribution is 0.0925. The molecule has 0 radical (unpaired) electrons. The number of amides is 3. The minimum atomic E-state index is -0.418. The molecule has 1 heterocycles. The molecule has 1 aliphatic heterocycles. The molecular weight excluding hydrogens is 376 g/mol. The Morgan fingerprint density at radius 2 is 1.33 bits per heavy atom. The van der Waals surface area contributed by atoms with Gasteiger partial charge in [0.25, 0.3) is 17.7 Å². The van der Waals surface area contributed by atoms with Gasteiger partial charge in [-0.25, -0.2) is 4.90 Å². The van der Waals surface area contributed by atoms with Crippen LogP contribution < -0.4 is 10.2 Å². The maximum Gasteiger partial charge on any atom is 0.266 e. The van der Waals surface area contributed by atoms with Crippen molar-refractivity contribution in [1.29, 1.82) is 0 Å². The van der Waals surface area contributed by atoms with Crippen molar-refractivity contribution in [1.82, 2.24) is 0 Å². The zero-order valence-corrected chi connectivity index (χ0v) is 17.4. The van der Waals surface area contributed by atoms with Crippen molar-refractivity contribution in [3.05, 3.63) is 93.5 Å². The summed E-state index contributed by atoms with van der Waals surface area (Å²) in [5, 5.41) is 2.85. The fourth-order valence-electron chi connectivity index (χ4n) is 3.50. The van der Waals surface area contributed by atoms with Crippen LogP contribution in [0, 0.1) is 27.7 Å². The average molecular weight is 398 g/mol. The number of anilines is 2. The smallest absolute Gasteiger partial charge is 0.266 e. The molecule has 0 saturated carbocycles. The molecule has 1 N–H and O–H groups in total. The van der Waals surface area contributed by atoms with Crippen LogP contribution in [0.2, 0.25) is 0 Å². The lowest BCUT2D eigenvalue weighted by atomic mass is 10.0. The highest BCUT2D eigenvalue weighted by molar-refractivity contribution is 6.34. The molecular formula is C25H22N2O3. The molecule has 5 nitrogen and oxygen atoms in total. The van der Waals surface area contributed by atoms with Gasteiger partial charge in [0.1, 0.15) is 0 Å². The number of fused-ring (bicyclic) bond motifs is 1. The van der Waals surface area contributed by atoms with Crippen molar-refractivity contribution in [2.75, 3.05) is 10.2 Å². The Morgan fingerprint density at radius 1 is 0.700 bits per heavy atom.